The number of nitrogens with zero attached hydrogens (tertiary/aromatic N) is 3. The Balaban J connectivity index is 0.00000208. The Morgan fingerprint density at radius 2 is 2.12 bits per heavy atom. The number of nitro benzene ring substituents is 1. The molecule has 2 fully saturated rings. The second-order valence-electron chi connectivity index (χ2n) is 6.58. The summed E-state index contributed by atoms with van der Waals surface area (Å²) in [6.45, 7) is 5.29. The quantitative estimate of drug-likeness (QED) is 0.254. The molecule has 0 radical (unpaired) electrons. The van der Waals surface area contributed by atoms with Crippen LogP contribution in [0, 0.1) is 15.5 Å². The van der Waals surface area contributed by atoms with Gasteiger partial charge < -0.3 is 10.2 Å². The first-order chi connectivity index (χ1) is 11.1. The van der Waals surface area contributed by atoms with E-state index >= 15 is 0 Å². The van der Waals surface area contributed by atoms with Gasteiger partial charge in [-0.05, 0) is 31.6 Å². The fraction of sp³-hybridized carbons (Fsp3) is 0.588. The van der Waals surface area contributed by atoms with Gasteiger partial charge in [-0.3, -0.25) is 10.1 Å². The third-order valence-electron chi connectivity index (χ3n) is 5.07. The summed E-state index contributed by atoms with van der Waals surface area (Å²) in [5.74, 6) is 0.884. The van der Waals surface area contributed by atoms with Gasteiger partial charge in [0.15, 0.2) is 5.96 Å². The van der Waals surface area contributed by atoms with Gasteiger partial charge in [0.25, 0.3) is 5.69 Å². The minimum absolute atomic E-state index is 0. The second kappa shape index (κ2) is 8.13. The van der Waals surface area contributed by atoms with Crippen LogP contribution in [-0.4, -0.2) is 35.4 Å². The molecule has 3 rings (SSSR count). The summed E-state index contributed by atoms with van der Waals surface area (Å²) in [4.78, 5) is 17.8. The Morgan fingerprint density at radius 1 is 1.38 bits per heavy atom. The zero-order chi connectivity index (χ0) is 16.3. The number of guanidine groups is 1. The van der Waals surface area contributed by atoms with E-state index in [4.69, 9.17) is 0 Å². The number of rotatable bonds is 4. The largest absolute Gasteiger partial charge is 0.357 e. The van der Waals surface area contributed by atoms with Crippen molar-refractivity contribution in [2.45, 2.75) is 39.2 Å². The maximum absolute atomic E-state index is 11.1. The predicted octanol–water partition coefficient (Wildman–Crippen LogP) is 3.55. The molecular weight excluding hydrogens is 419 g/mol. The Morgan fingerprint density at radius 3 is 2.71 bits per heavy atom. The standard InChI is InChI=1S/C17H24N4O2.HI/c1-2-18-16(20-11-10-17(13-20)8-5-9-17)19-12-14-6-3-4-7-15(14)21(22)23;/h3-4,6-7H,2,5,8-13H2,1H3,(H,18,19);1H. The van der Waals surface area contributed by atoms with Crippen LogP contribution in [0.5, 0.6) is 0 Å². The Hall–Kier alpha value is -1.38. The highest BCUT2D eigenvalue weighted by atomic mass is 127. The number of halogens is 1. The minimum atomic E-state index is -0.336. The average molecular weight is 444 g/mol. The zero-order valence-electron chi connectivity index (χ0n) is 14.0. The van der Waals surface area contributed by atoms with E-state index in [2.05, 4.69) is 22.1 Å². The van der Waals surface area contributed by atoms with Crippen LogP contribution in [0.1, 0.15) is 38.2 Å². The van der Waals surface area contributed by atoms with E-state index in [9.17, 15) is 10.1 Å². The van der Waals surface area contributed by atoms with Crippen molar-refractivity contribution in [2.75, 3.05) is 19.6 Å². The van der Waals surface area contributed by atoms with Crippen LogP contribution in [0.15, 0.2) is 29.3 Å². The van der Waals surface area contributed by atoms with E-state index in [1.165, 1.54) is 31.7 Å². The van der Waals surface area contributed by atoms with Gasteiger partial charge in [-0.25, -0.2) is 4.99 Å². The summed E-state index contributed by atoms with van der Waals surface area (Å²) >= 11 is 0. The number of nitro groups is 1. The number of likely N-dealkylation sites (tertiary alicyclic amines) is 1. The maximum Gasteiger partial charge on any atom is 0.274 e. The van der Waals surface area contributed by atoms with Crippen molar-refractivity contribution >= 4 is 35.6 Å². The van der Waals surface area contributed by atoms with Gasteiger partial charge in [-0.2, -0.15) is 0 Å². The third-order valence-corrected chi connectivity index (χ3v) is 5.07. The van der Waals surface area contributed by atoms with Gasteiger partial charge >= 0.3 is 0 Å². The number of nitrogens with one attached hydrogen (secondary N) is 1. The fourth-order valence-corrected chi connectivity index (χ4v) is 3.61. The van der Waals surface area contributed by atoms with Crippen LogP contribution in [0.4, 0.5) is 5.69 Å². The zero-order valence-corrected chi connectivity index (χ0v) is 16.4. The van der Waals surface area contributed by atoms with E-state index in [-0.39, 0.29) is 34.6 Å². The summed E-state index contributed by atoms with van der Waals surface area (Å²) in [6, 6.07) is 6.83. The molecular formula is C17H25IN4O2. The Kier molecular flexibility index (Phi) is 6.42. The number of para-hydroxylation sites is 1. The molecule has 132 valence electrons. The lowest BCUT2D eigenvalue weighted by molar-refractivity contribution is -0.385. The van der Waals surface area contributed by atoms with Crippen molar-refractivity contribution < 1.29 is 4.92 Å². The van der Waals surface area contributed by atoms with Crippen LogP contribution in [-0.2, 0) is 6.54 Å². The lowest BCUT2D eigenvalue weighted by Gasteiger charge is -2.38. The van der Waals surface area contributed by atoms with E-state index in [0.717, 1.165) is 25.6 Å². The maximum atomic E-state index is 11.1. The lowest BCUT2D eigenvalue weighted by Crippen LogP contribution is -2.42. The molecule has 0 aromatic heterocycles. The van der Waals surface area contributed by atoms with Gasteiger partial charge in [-0.15, -0.1) is 24.0 Å². The summed E-state index contributed by atoms with van der Waals surface area (Å²) < 4.78 is 0. The molecule has 1 saturated heterocycles. The van der Waals surface area contributed by atoms with Crippen molar-refractivity contribution in [3.05, 3.63) is 39.9 Å². The molecule has 0 bridgehead atoms. The van der Waals surface area contributed by atoms with Crippen molar-refractivity contribution in [3.63, 3.8) is 0 Å². The molecule has 0 unspecified atom stereocenters. The highest BCUT2D eigenvalue weighted by Gasteiger charge is 2.43. The van der Waals surface area contributed by atoms with Crippen LogP contribution in [0.3, 0.4) is 0 Å². The van der Waals surface area contributed by atoms with Crippen molar-refractivity contribution in [1.82, 2.24) is 10.2 Å². The molecule has 1 aromatic rings. The number of hydrogen-bond acceptors (Lipinski definition) is 3. The van der Waals surface area contributed by atoms with Gasteiger partial charge in [0, 0.05) is 25.7 Å². The van der Waals surface area contributed by atoms with E-state index in [0.29, 0.717) is 17.5 Å². The summed E-state index contributed by atoms with van der Waals surface area (Å²) in [6.07, 6.45) is 5.24. The number of hydrogen-bond donors (Lipinski definition) is 1. The predicted molar refractivity (Wildman–Crippen MR) is 106 cm³/mol. The third kappa shape index (κ3) is 3.99. The average Bonchev–Trinajstić information content (AvgIpc) is 2.97. The van der Waals surface area contributed by atoms with Crippen molar-refractivity contribution in [2.24, 2.45) is 10.4 Å². The molecule has 1 aliphatic heterocycles. The van der Waals surface area contributed by atoms with Gasteiger partial charge in [0.2, 0.25) is 0 Å². The summed E-state index contributed by atoms with van der Waals surface area (Å²) in [5, 5.41) is 14.4. The number of aliphatic imine (C=N–C) groups is 1. The van der Waals surface area contributed by atoms with Crippen LogP contribution in [0.25, 0.3) is 0 Å². The van der Waals surface area contributed by atoms with Gasteiger partial charge in [0.1, 0.15) is 0 Å². The molecule has 1 N–H and O–H groups in total. The van der Waals surface area contributed by atoms with Gasteiger partial charge in [-0.1, -0.05) is 24.6 Å². The normalized spacial score (nSPS) is 18.9. The van der Waals surface area contributed by atoms with Crippen molar-refractivity contribution in [1.29, 1.82) is 0 Å². The smallest absolute Gasteiger partial charge is 0.274 e. The number of benzene rings is 1. The first-order valence-electron chi connectivity index (χ1n) is 8.39. The molecule has 1 spiro atoms. The minimum Gasteiger partial charge on any atom is -0.357 e. The lowest BCUT2D eigenvalue weighted by atomic mass is 9.68. The van der Waals surface area contributed by atoms with E-state index in [1.54, 1.807) is 12.1 Å². The van der Waals surface area contributed by atoms with Gasteiger partial charge in [0.05, 0.1) is 17.0 Å². The molecule has 6 nitrogen and oxygen atoms in total. The van der Waals surface area contributed by atoms with E-state index < -0.39 is 0 Å². The molecule has 7 heteroatoms. The van der Waals surface area contributed by atoms with Crippen LogP contribution < -0.4 is 5.32 Å². The fourth-order valence-electron chi connectivity index (χ4n) is 3.61. The Bertz CT molecular complexity index is 616. The van der Waals surface area contributed by atoms with E-state index in [1.807, 2.05) is 6.07 Å². The molecule has 1 saturated carbocycles. The molecule has 0 amide bonds. The first-order valence-corrected chi connectivity index (χ1v) is 8.39. The second-order valence-corrected chi connectivity index (χ2v) is 6.58. The summed E-state index contributed by atoms with van der Waals surface area (Å²) in [7, 11) is 0. The molecule has 24 heavy (non-hydrogen) atoms. The van der Waals surface area contributed by atoms with Crippen LogP contribution in [0.2, 0.25) is 0 Å². The SMILES string of the molecule is CCNC(=NCc1ccccc1[N+](=O)[O-])N1CCC2(CCC2)C1.I. The first kappa shape index (κ1) is 19.0. The topological polar surface area (TPSA) is 70.8 Å². The monoisotopic (exact) mass is 444 g/mol. The molecule has 0 atom stereocenters. The molecule has 2 aliphatic rings. The highest BCUT2D eigenvalue weighted by molar-refractivity contribution is 14.0. The Labute approximate surface area is 159 Å². The highest BCUT2D eigenvalue weighted by Crippen LogP contribution is 2.47. The van der Waals surface area contributed by atoms with Crippen molar-refractivity contribution in [3.8, 4) is 0 Å². The van der Waals surface area contributed by atoms with Crippen LogP contribution >= 0.6 is 24.0 Å². The molecule has 1 heterocycles. The summed E-state index contributed by atoms with van der Waals surface area (Å²) in [5.41, 5.74) is 1.31. The molecule has 1 aliphatic carbocycles. The molecule has 1 aromatic carbocycles.